The van der Waals surface area contributed by atoms with Crippen molar-refractivity contribution in [1.29, 1.82) is 5.41 Å². The molecule has 0 unspecified atom stereocenters. The summed E-state index contributed by atoms with van der Waals surface area (Å²) in [4.78, 5) is 24.8. The van der Waals surface area contributed by atoms with Crippen LogP contribution in [0.3, 0.4) is 0 Å². The highest BCUT2D eigenvalue weighted by Crippen LogP contribution is 2.19. The molecule has 1 atom stereocenters. The molecule has 0 fully saturated rings. The Kier molecular flexibility index (Phi) is 7.31. The van der Waals surface area contributed by atoms with Crippen LogP contribution >= 0.6 is 0 Å². The number of carbonyl (C=O) groups is 2. The molecule has 2 rings (SSSR count). The third-order valence-electron chi connectivity index (χ3n) is 4.03. The topological polar surface area (TPSA) is 108 Å². The van der Waals surface area contributed by atoms with Crippen molar-refractivity contribution in [2.45, 2.75) is 19.4 Å². The molecule has 0 heterocycles. The van der Waals surface area contributed by atoms with Crippen molar-refractivity contribution >= 4 is 23.7 Å². The zero-order chi connectivity index (χ0) is 19.6. The van der Waals surface area contributed by atoms with E-state index in [1.54, 1.807) is 12.1 Å². The van der Waals surface area contributed by atoms with Gasteiger partial charge in [0.05, 0.1) is 23.7 Å². The van der Waals surface area contributed by atoms with Gasteiger partial charge in [0.1, 0.15) is 0 Å². The number of hydrogen-bond donors (Lipinski definition) is 4. The van der Waals surface area contributed by atoms with Gasteiger partial charge in [-0.2, -0.15) is 0 Å². The highest BCUT2D eigenvalue weighted by atomic mass is 16.2. The van der Waals surface area contributed by atoms with E-state index < -0.39 is 11.9 Å². The van der Waals surface area contributed by atoms with Gasteiger partial charge in [-0.3, -0.25) is 9.59 Å². The lowest BCUT2D eigenvalue weighted by molar-refractivity contribution is -0.122. The molecular weight excluding hydrogens is 340 g/mol. The normalized spacial score (nSPS) is 12.5. The lowest BCUT2D eigenvalue weighted by Crippen LogP contribution is -2.35. The summed E-state index contributed by atoms with van der Waals surface area (Å²) in [5.41, 5.74) is 7.84. The maximum atomic E-state index is 12.8. The number of carbonyl (C=O) groups excluding carboxylic acids is 2. The maximum Gasteiger partial charge on any atom is 0.255 e. The molecule has 0 aromatic heterocycles. The zero-order valence-electron chi connectivity index (χ0n) is 15.2. The summed E-state index contributed by atoms with van der Waals surface area (Å²) in [7, 11) is 0. The lowest BCUT2D eigenvalue weighted by atomic mass is 10.0. The van der Waals surface area contributed by atoms with Crippen molar-refractivity contribution in [3.8, 4) is 0 Å². The van der Waals surface area contributed by atoms with Gasteiger partial charge in [-0.15, -0.1) is 0 Å². The first kappa shape index (κ1) is 19.9. The molecule has 0 saturated carbocycles. The van der Waals surface area contributed by atoms with Crippen molar-refractivity contribution < 1.29 is 9.59 Å². The van der Waals surface area contributed by atoms with Crippen molar-refractivity contribution in [3.63, 3.8) is 0 Å². The predicted molar refractivity (Wildman–Crippen MR) is 107 cm³/mol. The van der Waals surface area contributed by atoms with Crippen molar-refractivity contribution in [3.05, 3.63) is 77.4 Å². The Balaban J connectivity index is 2.28. The fraction of sp³-hybridized carbons (Fsp3) is 0.190. The summed E-state index contributed by atoms with van der Waals surface area (Å²) >= 11 is 0. The van der Waals surface area contributed by atoms with Crippen LogP contribution in [0.15, 0.2) is 66.2 Å². The lowest BCUT2D eigenvalue weighted by Gasteiger charge is -2.20. The van der Waals surface area contributed by atoms with Gasteiger partial charge in [0.25, 0.3) is 5.91 Å². The molecule has 6 nitrogen and oxygen atoms in total. The van der Waals surface area contributed by atoms with Crippen molar-refractivity contribution in [2.24, 2.45) is 5.73 Å². The van der Waals surface area contributed by atoms with Gasteiger partial charge in [-0.25, -0.2) is 0 Å². The Morgan fingerprint density at radius 1 is 1.07 bits per heavy atom. The van der Waals surface area contributed by atoms with E-state index >= 15 is 0 Å². The monoisotopic (exact) mass is 364 g/mol. The van der Waals surface area contributed by atoms with E-state index in [2.05, 4.69) is 10.6 Å². The number of hydrogen-bond acceptors (Lipinski definition) is 4. The molecule has 0 aliphatic carbocycles. The SMILES string of the molecule is CCNC(=O)C[C@H](NC(=O)/C(C=N)=C(/N)c1ccccc1)c1ccccc1. The van der Waals surface area contributed by atoms with E-state index in [0.717, 1.165) is 11.8 Å². The second kappa shape index (κ2) is 9.91. The molecule has 27 heavy (non-hydrogen) atoms. The maximum absolute atomic E-state index is 12.8. The van der Waals surface area contributed by atoms with Crippen LogP contribution in [0.4, 0.5) is 0 Å². The Labute approximate surface area is 159 Å². The molecule has 2 amide bonds. The van der Waals surface area contributed by atoms with E-state index in [1.807, 2.05) is 55.5 Å². The summed E-state index contributed by atoms with van der Waals surface area (Å²) in [6.45, 7) is 2.35. The molecule has 2 aromatic carbocycles. The first-order valence-corrected chi connectivity index (χ1v) is 8.75. The Bertz CT molecular complexity index is 817. The molecule has 2 aromatic rings. The van der Waals surface area contributed by atoms with Crippen LogP contribution in [0, 0.1) is 5.41 Å². The fourth-order valence-corrected chi connectivity index (χ4v) is 2.67. The van der Waals surface area contributed by atoms with Gasteiger partial charge in [0.15, 0.2) is 0 Å². The van der Waals surface area contributed by atoms with Crippen LogP contribution in [0.5, 0.6) is 0 Å². The van der Waals surface area contributed by atoms with Gasteiger partial charge < -0.3 is 21.8 Å². The van der Waals surface area contributed by atoms with Crippen LogP contribution in [0.25, 0.3) is 5.70 Å². The second-order valence-electron chi connectivity index (χ2n) is 5.93. The molecule has 0 radical (unpaired) electrons. The van der Waals surface area contributed by atoms with Gasteiger partial charge in [0.2, 0.25) is 5.91 Å². The second-order valence-corrected chi connectivity index (χ2v) is 5.93. The summed E-state index contributed by atoms with van der Waals surface area (Å²) in [6, 6.07) is 17.7. The number of amides is 2. The van der Waals surface area contributed by atoms with E-state index in [4.69, 9.17) is 11.1 Å². The molecule has 0 saturated heterocycles. The third kappa shape index (κ3) is 5.54. The molecule has 6 heteroatoms. The molecule has 5 N–H and O–H groups in total. The highest BCUT2D eigenvalue weighted by Gasteiger charge is 2.21. The van der Waals surface area contributed by atoms with E-state index in [-0.39, 0.29) is 23.6 Å². The average molecular weight is 364 g/mol. The summed E-state index contributed by atoms with van der Waals surface area (Å²) in [5, 5.41) is 13.2. The summed E-state index contributed by atoms with van der Waals surface area (Å²) in [6.07, 6.45) is 1.03. The average Bonchev–Trinajstić information content (AvgIpc) is 2.69. The third-order valence-corrected chi connectivity index (χ3v) is 4.03. The highest BCUT2D eigenvalue weighted by molar-refractivity contribution is 6.17. The van der Waals surface area contributed by atoms with E-state index in [1.165, 1.54) is 0 Å². The zero-order valence-corrected chi connectivity index (χ0v) is 15.2. The fourth-order valence-electron chi connectivity index (χ4n) is 2.67. The van der Waals surface area contributed by atoms with Crippen LogP contribution < -0.4 is 16.4 Å². The summed E-state index contributed by atoms with van der Waals surface area (Å²) in [5.74, 6) is -0.660. The Morgan fingerprint density at radius 2 is 1.67 bits per heavy atom. The Morgan fingerprint density at radius 3 is 2.22 bits per heavy atom. The Hall–Kier alpha value is -3.41. The minimum absolute atomic E-state index is 0.0537. The molecule has 0 aliphatic rings. The molecule has 0 aliphatic heterocycles. The summed E-state index contributed by atoms with van der Waals surface area (Å²) < 4.78 is 0. The quantitative estimate of drug-likeness (QED) is 0.426. The van der Waals surface area contributed by atoms with Gasteiger partial charge in [0, 0.05) is 12.8 Å². The van der Waals surface area contributed by atoms with Crippen LogP contribution in [0.2, 0.25) is 0 Å². The molecule has 0 bridgehead atoms. The van der Waals surface area contributed by atoms with Gasteiger partial charge >= 0.3 is 0 Å². The number of nitrogens with one attached hydrogen (secondary N) is 3. The number of nitrogens with two attached hydrogens (primary N) is 1. The van der Waals surface area contributed by atoms with Crippen LogP contribution in [-0.2, 0) is 9.59 Å². The standard InChI is InChI=1S/C21H24N4O2/c1-2-24-19(26)13-18(15-9-5-3-6-10-15)25-21(27)17(14-22)20(23)16-11-7-4-8-12-16/h3-12,14,18,22H,2,13,23H2,1H3,(H,24,26)(H,25,27)/b20-17+,22-14?/t18-/m0/s1. The number of benzene rings is 2. The smallest absolute Gasteiger partial charge is 0.255 e. The minimum atomic E-state index is -0.524. The largest absolute Gasteiger partial charge is 0.398 e. The van der Waals surface area contributed by atoms with Crippen LogP contribution in [0.1, 0.15) is 30.5 Å². The first-order chi connectivity index (χ1) is 13.1. The van der Waals surface area contributed by atoms with Crippen LogP contribution in [-0.4, -0.2) is 24.6 Å². The van der Waals surface area contributed by atoms with Gasteiger partial charge in [-0.05, 0) is 18.1 Å². The minimum Gasteiger partial charge on any atom is -0.398 e. The molecule has 140 valence electrons. The molecule has 0 spiro atoms. The van der Waals surface area contributed by atoms with Crippen molar-refractivity contribution in [1.82, 2.24) is 10.6 Å². The number of rotatable bonds is 8. The first-order valence-electron chi connectivity index (χ1n) is 8.75. The molecular formula is C21H24N4O2. The van der Waals surface area contributed by atoms with Gasteiger partial charge in [-0.1, -0.05) is 60.7 Å². The van der Waals surface area contributed by atoms with E-state index in [9.17, 15) is 9.59 Å². The van der Waals surface area contributed by atoms with Crippen molar-refractivity contribution in [2.75, 3.05) is 6.54 Å². The van der Waals surface area contributed by atoms with E-state index in [0.29, 0.717) is 12.1 Å². The predicted octanol–water partition coefficient (Wildman–Crippen LogP) is 2.39.